The van der Waals surface area contributed by atoms with Crippen molar-refractivity contribution in [1.29, 1.82) is 0 Å². The van der Waals surface area contributed by atoms with Crippen LogP contribution >= 0.6 is 0 Å². The summed E-state index contributed by atoms with van der Waals surface area (Å²) in [4.78, 5) is 45.2. The third-order valence-electron chi connectivity index (χ3n) is 8.07. The van der Waals surface area contributed by atoms with Gasteiger partial charge in [0.1, 0.15) is 11.6 Å². The molecule has 0 unspecified atom stereocenters. The zero-order chi connectivity index (χ0) is 27.4. The van der Waals surface area contributed by atoms with E-state index in [1.165, 1.54) is 6.07 Å². The zero-order valence-corrected chi connectivity index (χ0v) is 21.5. The van der Waals surface area contributed by atoms with E-state index >= 15 is 4.39 Å². The largest absolute Gasteiger partial charge is 0.492 e. The highest BCUT2D eigenvalue weighted by Gasteiger charge is 2.38. The lowest BCUT2D eigenvalue weighted by Crippen LogP contribution is -2.39. The summed E-state index contributed by atoms with van der Waals surface area (Å²) in [6.45, 7) is 1.56. The van der Waals surface area contributed by atoms with E-state index in [1.54, 1.807) is 30.6 Å². The van der Waals surface area contributed by atoms with Gasteiger partial charge in [0, 0.05) is 66.2 Å². The zero-order valence-electron chi connectivity index (χ0n) is 21.5. The number of nitrogens with zero attached hydrogens (tertiary/aromatic N) is 3. The van der Waals surface area contributed by atoms with Crippen molar-refractivity contribution >= 4 is 39.8 Å². The molecule has 3 aliphatic rings. The fourth-order valence-corrected chi connectivity index (χ4v) is 6.14. The van der Waals surface area contributed by atoms with Crippen LogP contribution in [0.4, 0.5) is 4.39 Å². The first-order chi connectivity index (χ1) is 19.5. The number of nitrogens with one attached hydrogen (secondary N) is 1. The van der Waals surface area contributed by atoms with Gasteiger partial charge in [-0.15, -0.1) is 0 Å². The second kappa shape index (κ2) is 9.44. The maximum Gasteiger partial charge on any atom is 0.259 e. The van der Waals surface area contributed by atoms with E-state index in [0.29, 0.717) is 43.0 Å². The number of fused-ring (bicyclic) bond motifs is 2. The Bertz CT molecular complexity index is 1740. The molecule has 3 aliphatic heterocycles. The lowest BCUT2D eigenvalue weighted by Gasteiger charge is -2.33. The van der Waals surface area contributed by atoms with Gasteiger partial charge in [0.25, 0.3) is 17.7 Å². The SMILES string of the molecule is O=C1NC(=O)C(c2cn(C3CCN(C(=O)c4ccncc4)CC3)c3ccccc23)=C1c1c(F)ccc2c1OCC2. The van der Waals surface area contributed by atoms with Crippen LogP contribution in [0.25, 0.3) is 22.0 Å². The van der Waals surface area contributed by atoms with Crippen LogP contribution in [0.15, 0.2) is 67.1 Å². The molecule has 0 spiro atoms. The van der Waals surface area contributed by atoms with Crippen molar-refractivity contribution in [1.82, 2.24) is 19.8 Å². The Morgan fingerprint density at radius 2 is 1.73 bits per heavy atom. The fourth-order valence-electron chi connectivity index (χ4n) is 6.14. The van der Waals surface area contributed by atoms with Crippen LogP contribution in [0, 0.1) is 5.82 Å². The van der Waals surface area contributed by atoms with Crippen molar-refractivity contribution in [3.63, 3.8) is 0 Å². The lowest BCUT2D eigenvalue weighted by molar-refractivity contribution is -0.122. The Balaban J connectivity index is 1.29. The van der Waals surface area contributed by atoms with E-state index in [1.807, 2.05) is 35.4 Å². The fraction of sp³-hybridized carbons (Fsp3) is 0.226. The van der Waals surface area contributed by atoms with E-state index in [4.69, 9.17) is 4.74 Å². The molecule has 40 heavy (non-hydrogen) atoms. The minimum Gasteiger partial charge on any atom is -0.492 e. The second-order valence-corrected chi connectivity index (χ2v) is 10.3. The van der Waals surface area contributed by atoms with E-state index in [9.17, 15) is 14.4 Å². The van der Waals surface area contributed by atoms with Crippen molar-refractivity contribution < 1.29 is 23.5 Å². The van der Waals surface area contributed by atoms with Crippen molar-refractivity contribution in [2.75, 3.05) is 19.7 Å². The number of pyridine rings is 1. The molecule has 2 aromatic heterocycles. The maximum atomic E-state index is 15.3. The number of hydrogen-bond donors (Lipinski definition) is 1. The highest BCUT2D eigenvalue weighted by molar-refractivity contribution is 6.50. The standard InChI is InChI=1S/C31H25FN4O4/c32-23-6-5-18-11-16-40-28(18)26(23)27-25(29(37)34-30(27)38)22-17-36(24-4-2-1-3-21(22)24)20-9-14-35(15-10-20)31(39)19-7-12-33-13-8-19/h1-8,12-13,17,20H,9-11,14-16H2,(H,34,37,38). The van der Waals surface area contributed by atoms with Crippen molar-refractivity contribution in [2.24, 2.45) is 0 Å². The number of benzene rings is 2. The first-order valence-electron chi connectivity index (χ1n) is 13.3. The van der Waals surface area contributed by atoms with E-state index in [-0.39, 0.29) is 28.7 Å². The first kappa shape index (κ1) is 24.3. The van der Waals surface area contributed by atoms with E-state index in [0.717, 1.165) is 29.3 Å². The Kier molecular flexibility index (Phi) is 5.73. The summed E-state index contributed by atoms with van der Waals surface area (Å²) >= 11 is 0. The summed E-state index contributed by atoms with van der Waals surface area (Å²) in [6, 6.07) is 14.2. The molecule has 1 N–H and O–H groups in total. The lowest BCUT2D eigenvalue weighted by atomic mass is 9.93. The second-order valence-electron chi connectivity index (χ2n) is 10.3. The van der Waals surface area contributed by atoms with Crippen molar-refractivity contribution in [3.05, 3.63) is 95.2 Å². The first-order valence-corrected chi connectivity index (χ1v) is 13.3. The number of hydrogen-bond acceptors (Lipinski definition) is 5. The summed E-state index contributed by atoms with van der Waals surface area (Å²) in [5, 5.41) is 3.18. The number of ether oxygens (including phenoxy) is 1. The molecule has 0 bridgehead atoms. The topological polar surface area (TPSA) is 93.5 Å². The Morgan fingerprint density at radius 1 is 0.975 bits per heavy atom. The van der Waals surface area contributed by atoms with Crippen LogP contribution in [-0.2, 0) is 16.0 Å². The van der Waals surface area contributed by atoms with E-state index in [2.05, 4.69) is 14.9 Å². The number of likely N-dealkylation sites (tertiary alicyclic amines) is 1. The molecule has 5 heterocycles. The van der Waals surface area contributed by atoms with Crippen molar-refractivity contribution in [2.45, 2.75) is 25.3 Å². The van der Waals surface area contributed by atoms with Gasteiger partial charge in [-0.1, -0.05) is 24.3 Å². The molecule has 0 atom stereocenters. The molecule has 4 aromatic rings. The number of carbonyl (C=O) groups is 3. The molecular weight excluding hydrogens is 511 g/mol. The van der Waals surface area contributed by atoms with Gasteiger partial charge < -0.3 is 14.2 Å². The van der Waals surface area contributed by atoms with Gasteiger partial charge in [-0.25, -0.2) is 4.39 Å². The molecule has 0 radical (unpaired) electrons. The number of para-hydroxylation sites is 1. The van der Waals surface area contributed by atoms with Gasteiger partial charge in [-0.2, -0.15) is 0 Å². The number of aromatic nitrogens is 2. The van der Waals surface area contributed by atoms with Crippen LogP contribution in [0.3, 0.4) is 0 Å². The molecule has 7 rings (SSSR count). The van der Waals surface area contributed by atoms with Crippen LogP contribution in [0.1, 0.15) is 45.9 Å². The molecular formula is C31H25FN4O4. The maximum absolute atomic E-state index is 15.3. The predicted molar refractivity (Wildman–Crippen MR) is 146 cm³/mol. The van der Waals surface area contributed by atoms with Gasteiger partial charge in [0.15, 0.2) is 0 Å². The average molecular weight is 537 g/mol. The average Bonchev–Trinajstić information content (AvgIpc) is 3.68. The number of halogens is 1. The van der Waals surface area contributed by atoms with Gasteiger partial charge in [-0.3, -0.25) is 24.7 Å². The summed E-state index contributed by atoms with van der Waals surface area (Å²) < 4.78 is 23.1. The molecule has 0 aliphatic carbocycles. The van der Waals surface area contributed by atoms with Gasteiger partial charge in [0.05, 0.1) is 23.3 Å². The molecule has 1 saturated heterocycles. The minimum atomic E-state index is -0.637. The number of piperidine rings is 1. The van der Waals surface area contributed by atoms with Crippen LogP contribution < -0.4 is 10.1 Å². The Morgan fingerprint density at radius 3 is 2.52 bits per heavy atom. The summed E-state index contributed by atoms with van der Waals surface area (Å²) in [7, 11) is 0. The Labute approximate surface area is 229 Å². The monoisotopic (exact) mass is 536 g/mol. The highest BCUT2D eigenvalue weighted by Crippen LogP contribution is 2.43. The van der Waals surface area contributed by atoms with Crippen molar-refractivity contribution in [3.8, 4) is 5.75 Å². The smallest absolute Gasteiger partial charge is 0.259 e. The number of amides is 3. The number of imide groups is 1. The third-order valence-corrected chi connectivity index (χ3v) is 8.07. The summed E-state index contributed by atoms with van der Waals surface area (Å²) in [5.41, 5.74) is 3.08. The molecule has 2 aromatic carbocycles. The molecule has 0 saturated carbocycles. The number of rotatable bonds is 4. The molecule has 1 fully saturated rings. The molecule has 8 nitrogen and oxygen atoms in total. The number of carbonyl (C=O) groups excluding carboxylic acids is 3. The minimum absolute atomic E-state index is 0.00178. The Hall–Kier alpha value is -4.79. The quantitative estimate of drug-likeness (QED) is 0.396. The van der Waals surface area contributed by atoms with Crippen LogP contribution in [0.5, 0.6) is 5.75 Å². The molecule has 3 amide bonds. The van der Waals surface area contributed by atoms with Gasteiger partial charge in [-0.05, 0) is 42.7 Å². The highest BCUT2D eigenvalue weighted by atomic mass is 19.1. The van der Waals surface area contributed by atoms with Crippen LogP contribution in [0.2, 0.25) is 0 Å². The summed E-state index contributed by atoms with van der Waals surface area (Å²) in [5.74, 6) is -1.49. The normalized spacial score (nSPS) is 17.4. The molecule has 200 valence electrons. The third kappa shape index (κ3) is 3.80. The molecule has 9 heteroatoms. The van der Waals surface area contributed by atoms with Gasteiger partial charge in [0.2, 0.25) is 0 Å². The predicted octanol–water partition coefficient (Wildman–Crippen LogP) is 4.15. The summed E-state index contributed by atoms with van der Waals surface area (Å²) in [6.07, 6.45) is 7.18. The van der Waals surface area contributed by atoms with Crippen LogP contribution in [-0.4, -0.2) is 51.9 Å². The van der Waals surface area contributed by atoms with E-state index < -0.39 is 17.6 Å². The van der Waals surface area contributed by atoms with Gasteiger partial charge >= 0.3 is 0 Å².